The molecular formula is C28H28Cl2FN5O6. The Labute approximate surface area is 250 Å². The molecule has 3 aromatic heterocycles. The van der Waals surface area contributed by atoms with Crippen LogP contribution in [0.4, 0.5) is 15.0 Å². The largest absolute Gasteiger partial charge is 0.483 e. The Morgan fingerprint density at radius 3 is 2.67 bits per heavy atom. The molecule has 1 saturated heterocycles. The molecule has 0 bridgehead atoms. The fourth-order valence-corrected chi connectivity index (χ4v) is 5.37. The topological polar surface area (TPSA) is 126 Å². The molecule has 1 aliphatic rings. The van der Waals surface area contributed by atoms with Crippen molar-refractivity contribution in [2.75, 3.05) is 19.7 Å². The van der Waals surface area contributed by atoms with Gasteiger partial charge in [-0.05, 0) is 61.2 Å². The summed E-state index contributed by atoms with van der Waals surface area (Å²) in [5.41, 5.74) is 1.27. The molecule has 1 amide bonds. The van der Waals surface area contributed by atoms with E-state index in [9.17, 15) is 19.3 Å². The van der Waals surface area contributed by atoms with E-state index in [0.29, 0.717) is 42.4 Å². The Hall–Kier alpha value is -3.90. The van der Waals surface area contributed by atoms with Crippen molar-refractivity contribution in [3.63, 3.8) is 0 Å². The number of hydrogen-bond acceptors (Lipinski definition) is 8. The van der Waals surface area contributed by atoms with Gasteiger partial charge in [0, 0.05) is 41.9 Å². The fourth-order valence-electron chi connectivity index (χ4n) is 4.81. The lowest BCUT2D eigenvalue weighted by Crippen LogP contribution is -2.42. The Bertz CT molecular complexity index is 1640. The number of piperidine rings is 1. The highest BCUT2D eigenvalue weighted by atomic mass is 35.5. The molecule has 5 rings (SSSR count). The second kappa shape index (κ2) is 11.8. The van der Waals surface area contributed by atoms with Crippen LogP contribution in [0.1, 0.15) is 45.2 Å². The van der Waals surface area contributed by atoms with E-state index in [1.54, 1.807) is 11.1 Å². The molecule has 0 unspecified atom stereocenters. The Balaban J connectivity index is 1.33. The molecule has 0 atom stereocenters. The SMILES string of the molecule is CC(C)(C)OC(=O)N1CCC(n2cc(-c3coc4c(OCCc5c(Cl)ccc(F)c5Cl)c([N+](=O)[O-])ncc34)cn2)CC1. The molecule has 0 aliphatic carbocycles. The number of ether oxygens (including phenoxy) is 2. The summed E-state index contributed by atoms with van der Waals surface area (Å²) in [5, 5.41) is 16.9. The van der Waals surface area contributed by atoms with Crippen LogP contribution in [0.3, 0.4) is 0 Å². The number of amides is 1. The van der Waals surface area contributed by atoms with Crippen molar-refractivity contribution in [3.05, 3.63) is 68.5 Å². The van der Waals surface area contributed by atoms with E-state index >= 15 is 0 Å². The normalized spacial score (nSPS) is 14.4. The Morgan fingerprint density at radius 2 is 1.98 bits per heavy atom. The molecule has 4 heterocycles. The van der Waals surface area contributed by atoms with Crippen molar-refractivity contribution < 1.29 is 28.0 Å². The lowest BCUT2D eigenvalue weighted by atomic mass is 10.1. The number of carbonyl (C=O) groups excluding carboxylic acids is 1. The maximum absolute atomic E-state index is 13.9. The molecule has 14 heteroatoms. The minimum absolute atomic E-state index is 0.0789. The smallest absolute Gasteiger partial charge is 0.410 e. The minimum atomic E-state index is -0.666. The van der Waals surface area contributed by atoms with E-state index in [1.165, 1.54) is 18.5 Å². The van der Waals surface area contributed by atoms with Gasteiger partial charge in [-0.2, -0.15) is 5.10 Å². The van der Waals surface area contributed by atoms with Gasteiger partial charge in [0.15, 0.2) is 11.8 Å². The zero-order valence-corrected chi connectivity index (χ0v) is 24.6. The first-order valence-corrected chi connectivity index (χ1v) is 14.0. The molecule has 0 N–H and O–H groups in total. The Kier molecular flexibility index (Phi) is 8.29. The average molecular weight is 620 g/mol. The van der Waals surface area contributed by atoms with Gasteiger partial charge in [-0.3, -0.25) is 4.68 Å². The van der Waals surface area contributed by atoms with Gasteiger partial charge in [0.1, 0.15) is 17.7 Å². The van der Waals surface area contributed by atoms with Crippen LogP contribution >= 0.6 is 23.2 Å². The van der Waals surface area contributed by atoms with Crippen molar-refractivity contribution in [1.29, 1.82) is 0 Å². The summed E-state index contributed by atoms with van der Waals surface area (Å²) in [4.78, 5) is 29.2. The first-order chi connectivity index (χ1) is 19.9. The third kappa shape index (κ3) is 6.14. The molecule has 1 aliphatic heterocycles. The number of carbonyl (C=O) groups is 1. The van der Waals surface area contributed by atoms with Crippen LogP contribution in [-0.4, -0.2) is 56.0 Å². The van der Waals surface area contributed by atoms with Gasteiger partial charge in [-0.25, -0.2) is 9.18 Å². The molecule has 0 spiro atoms. The monoisotopic (exact) mass is 619 g/mol. The summed E-state index contributed by atoms with van der Waals surface area (Å²) in [7, 11) is 0. The highest BCUT2D eigenvalue weighted by Gasteiger charge is 2.29. The lowest BCUT2D eigenvalue weighted by molar-refractivity contribution is -0.390. The average Bonchev–Trinajstić information content (AvgIpc) is 3.59. The van der Waals surface area contributed by atoms with E-state index in [4.69, 9.17) is 37.1 Å². The summed E-state index contributed by atoms with van der Waals surface area (Å²) in [6.45, 7) is 6.51. The number of pyridine rings is 1. The number of benzene rings is 1. The van der Waals surface area contributed by atoms with Crippen molar-refractivity contribution in [1.82, 2.24) is 19.7 Å². The molecule has 1 fully saturated rings. The Morgan fingerprint density at radius 1 is 1.24 bits per heavy atom. The van der Waals surface area contributed by atoms with E-state index in [-0.39, 0.29) is 46.5 Å². The fraction of sp³-hybridized carbons (Fsp3) is 0.393. The quantitative estimate of drug-likeness (QED) is 0.120. The maximum atomic E-state index is 13.9. The highest BCUT2D eigenvalue weighted by Crippen LogP contribution is 2.40. The molecule has 0 radical (unpaired) electrons. The molecule has 4 aromatic rings. The summed E-state index contributed by atoms with van der Waals surface area (Å²) >= 11 is 12.2. The molecule has 11 nitrogen and oxygen atoms in total. The number of rotatable bonds is 7. The number of nitrogens with zero attached hydrogens (tertiary/aromatic N) is 5. The van der Waals surface area contributed by atoms with Crippen LogP contribution < -0.4 is 4.74 Å². The molecule has 1 aromatic carbocycles. The molecule has 222 valence electrons. The minimum Gasteiger partial charge on any atom is -0.483 e. The third-order valence-corrected chi connectivity index (χ3v) is 7.63. The number of nitro groups is 1. The zero-order chi connectivity index (χ0) is 30.2. The molecule has 42 heavy (non-hydrogen) atoms. The van der Waals surface area contributed by atoms with Crippen LogP contribution in [0.5, 0.6) is 5.75 Å². The van der Waals surface area contributed by atoms with Crippen LogP contribution in [0, 0.1) is 15.9 Å². The van der Waals surface area contributed by atoms with E-state index in [2.05, 4.69) is 10.1 Å². The second-order valence-corrected chi connectivity index (χ2v) is 11.7. The van der Waals surface area contributed by atoms with Crippen LogP contribution in [0.15, 0.2) is 41.4 Å². The summed E-state index contributed by atoms with van der Waals surface area (Å²) in [6, 6.07) is 2.62. The standard InChI is InChI=1S/C28H28Cl2FN5O6/c1-28(2,3)42-27(37)34-9-6-17(7-10-34)35-14-16(12-33-35)20-15-41-24-19(20)13-32-26(36(38)39)25(24)40-11-8-18-21(29)4-5-22(31)23(18)30/h4-5,12-15,17H,6-11H2,1-3H3. The van der Waals surface area contributed by atoms with E-state index in [0.717, 1.165) is 11.6 Å². The highest BCUT2D eigenvalue weighted by molar-refractivity contribution is 6.36. The van der Waals surface area contributed by atoms with Gasteiger partial charge >= 0.3 is 11.9 Å². The molecule has 0 saturated carbocycles. The van der Waals surface area contributed by atoms with Gasteiger partial charge in [-0.15, -0.1) is 0 Å². The van der Waals surface area contributed by atoms with Crippen LogP contribution in [0.2, 0.25) is 10.0 Å². The predicted octanol–water partition coefficient (Wildman–Crippen LogP) is 7.24. The van der Waals surface area contributed by atoms with Gasteiger partial charge in [0.2, 0.25) is 0 Å². The number of hydrogen-bond donors (Lipinski definition) is 0. The van der Waals surface area contributed by atoms with E-state index < -0.39 is 22.2 Å². The van der Waals surface area contributed by atoms with Crippen molar-refractivity contribution >= 4 is 46.1 Å². The van der Waals surface area contributed by atoms with Crippen LogP contribution in [-0.2, 0) is 11.2 Å². The van der Waals surface area contributed by atoms with Crippen molar-refractivity contribution in [2.24, 2.45) is 0 Å². The second-order valence-electron chi connectivity index (χ2n) is 10.9. The summed E-state index contributed by atoms with van der Waals surface area (Å²) < 4.78 is 32.8. The third-order valence-electron chi connectivity index (χ3n) is 6.87. The number of aromatic nitrogens is 3. The van der Waals surface area contributed by atoms with Crippen LogP contribution in [0.25, 0.3) is 22.1 Å². The van der Waals surface area contributed by atoms with Gasteiger partial charge in [-0.1, -0.05) is 23.2 Å². The van der Waals surface area contributed by atoms with E-state index in [1.807, 2.05) is 31.6 Å². The summed E-state index contributed by atoms with van der Waals surface area (Å²) in [5.74, 6) is -1.31. The maximum Gasteiger partial charge on any atom is 0.410 e. The predicted molar refractivity (Wildman–Crippen MR) is 154 cm³/mol. The first-order valence-electron chi connectivity index (χ1n) is 13.2. The number of likely N-dealkylation sites (tertiary alicyclic amines) is 1. The number of furan rings is 1. The zero-order valence-electron chi connectivity index (χ0n) is 23.1. The number of fused-ring (bicyclic) bond motifs is 1. The number of halogens is 3. The van der Waals surface area contributed by atoms with Gasteiger partial charge < -0.3 is 28.9 Å². The van der Waals surface area contributed by atoms with Crippen molar-refractivity contribution in [3.8, 4) is 16.9 Å². The van der Waals surface area contributed by atoms with Gasteiger partial charge in [0.25, 0.3) is 5.75 Å². The van der Waals surface area contributed by atoms with Crippen molar-refractivity contribution in [2.45, 2.75) is 51.7 Å². The van der Waals surface area contributed by atoms with Gasteiger partial charge in [0.05, 0.1) is 29.3 Å². The lowest BCUT2D eigenvalue weighted by Gasteiger charge is -2.33. The summed E-state index contributed by atoms with van der Waals surface area (Å²) in [6.07, 6.45) is 7.56. The molecular weight excluding hydrogens is 592 g/mol. The first kappa shape index (κ1) is 29.6.